The van der Waals surface area contributed by atoms with E-state index in [-0.39, 0.29) is 5.91 Å². The minimum atomic E-state index is -0.0566. The molecule has 0 aliphatic rings. The minimum absolute atomic E-state index is 0.0566. The fourth-order valence-corrected chi connectivity index (χ4v) is 3.38. The summed E-state index contributed by atoms with van der Waals surface area (Å²) >= 11 is 0. The second-order valence-electron chi connectivity index (χ2n) is 6.28. The first kappa shape index (κ1) is 16.3. The van der Waals surface area contributed by atoms with Crippen molar-refractivity contribution in [1.29, 1.82) is 0 Å². The van der Waals surface area contributed by atoms with Crippen LogP contribution in [0.4, 0.5) is 0 Å². The zero-order valence-corrected chi connectivity index (χ0v) is 14.7. The van der Waals surface area contributed by atoms with Crippen molar-refractivity contribution in [2.75, 3.05) is 6.54 Å². The highest BCUT2D eigenvalue weighted by Gasteiger charge is 2.16. The van der Waals surface area contributed by atoms with Crippen LogP contribution in [-0.2, 0) is 13.0 Å². The van der Waals surface area contributed by atoms with Gasteiger partial charge in [0, 0.05) is 42.8 Å². The van der Waals surface area contributed by atoms with Crippen LogP contribution < -0.4 is 5.32 Å². The molecule has 1 aromatic carbocycles. The van der Waals surface area contributed by atoms with Gasteiger partial charge < -0.3 is 14.9 Å². The molecule has 5 nitrogen and oxygen atoms in total. The fourth-order valence-electron chi connectivity index (χ4n) is 3.38. The van der Waals surface area contributed by atoms with E-state index in [0.717, 1.165) is 35.3 Å². The van der Waals surface area contributed by atoms with Gasteiger partial charge in [0.2, 0.25) is 0 Å². The van der Waals surface area contributed by atoms with Crippen LogP contribution in [0, 0.1) is 20.8 Å². The predicted octanol–water partition coefficient (Wildman–Crippen LogP) is 3.28. The number of amides is 1. The molecule has 2 N–H and O–H groups in total. The Bertz CT molecular complexity index is 888. The largest absolute Gasteiger partial charge is 0.350 e. The van der Waals surface area contributed by atoms with Gasteiger partial charge in [0.05, 0.1) is 0 Å². The Balaban J connectivity index is 1.74. The van der Waals surface area contributed by atoms with Gasteiger partial charge in [0.15, 0.2) is 0 Å². The van der Waals surface area contributed by atoms with Gasteiger partial charge in [-0.25, -0.2) is 4.98 Å². The molecule has 2 aromatic heterocycles. The zero-order chi connectivity index (χ0) is 17.3. The van der Waals surface area contributed by atoms with E-state index in [1.165, 1.54) is 11.1 Å². The summed E-state index contributed by atoms with van der Waals surface area (Å²) in [4.78, 5) is 20.1. The molecular formula is C19H24N4O. The van der Waals surface area contributed by atoms with Gasteiger partial charge in [0.1, 0.15) is 11.5 Å². The number of carbonyl (C=O) groups is 1. The zero-order valence-electron chi connectivity index (χ0n) is 14.7. The maximum absolute atomic E-state index is 12.5. The highest BCUT2D eigenvalue weighted by molar-refractivity contribution is 6.01. The van der Waals surface area contributed by atoms with Gasteiger partial charge in [0.25, 0.3) is 5.91 Å². The lowest BCUT2D eigenvalue weighted by molar-refractivity contribution is 0.0947. The standard InChI is InChI=1S/C19H24N4O/c1-5-16-20-6-8-23(16)9-7-21-19(24)18-14(4)17-13(3)10-12(2)11-15(17)22-18/h6,8,10-11,22H,5,7,9H2,1-4H3,(H,21,24). The van der Waals surface area contributed by atoms with E-state index < -0.39 is 0 Å². The molecule has 3 rings (SSSR count). The number of nitrogens with zero attached hydrogens (tertiary/aromatic N) is 2. The number of aromatic amines is 1. The number of carbonyl (C=O) groups excluding carboxylic acids is 1. The van der Waals surface area contributed by atoms with Crippen molar-refractivity contribution in [2.24, 2.45) is 0 Å². The third-order valence-corrected chi connectivity index (χ3v) is 4.47. The maximum atomic E-state index is 12.5. The first-order valence-electron chi connectivity index (χ1n) is 8.39. The van der Waals surface area contributed by atoms with Crippen molar-refractivity contribution in [2.45, 2.75) is 40.7 Å². The molecule has 1 amide bonds. The number of aryl methyl sites for hydroxylation is 4. The number of nitrogens with one attached hydrogen (secondary N) is 2. The molecule has 0 atom stereocenters. The Labute approximate surface area is 142 Å². The van der Waals surface area contributed by atoms with E-state index in [1.807, 2.05) is 13.1 Å². The summed E-state index contributed by atoms with van der Waals surface area (Å²) in [5.41, 5.74) is 5.08. The maximum Gasteiger partial charge on any atom is 0.268 e. The van der Waals surface area contributed by atoms with E-state index in [0.29, 0.717) is 12.2 Å². The number of imidazole rings is 1. The van der Waals surface area contributed by atoms with Crippen LogP contribution in [0.2, 0.25) is 0 Å². The summed E-state index contributed by atoms with van der Waals surface area (Å²) in [5, 5.41) is 4.15. The van der Waals surface area contributed by atoms with E-state index in [2.05, 4.69) is 52.8 Å². The smallest absolute Gasteiger partial charge is 0.268 e. The molecule has 0 unspecified atom stereocenters. The molecular weight excluding hydrogens is 300 g/mol. The Morgan fingerprint density at radius 1 is 1.29 bits per heavy atom. The average Bonchev–Trinajstić information content (AvgIpc) is 3.11. The molecule has 2 heterocycles. The Morgan fingerprint density at radius 3 is 2.83 bits per heavy atom. The highest BCUT2D eigenvalue weighted by atomic mass is 16.1. The summed E-state index contributed by atoms with van der Waals surface area (Å²) in [7, 11) is 0. The molecule has 0 saturated heterocycles. The number of aromatic nitrogens is 3. The van der Waals surface area contributed by atoms with Crippen LogP contribution >= 0.6 is 0 Å². The molecule has 126 valence electrons. The van der Waals surface area contributed by atoms with Crippen molar-refractivity contribution in [3.63, 3.8) is 0 Å². The molecule has 24 heavy (non-hydrogen) atoms. The minimum Gasteiger partial charge on any atom is -0.350 e. The average molecular weight is 324 g/mol. The third kappa shape index (κ3) is 2.94. The molecule has 0 bridgehead atoms. The van der Waals surface area contributed by atoms with Crippen molar-refractivity contribution in [1.82, 2.24) is 19.9 Å². The molecule has 0 spiro atoms. The Morgan fingerprint density at radius 2 is 2.08 bits per heavy atom. The van der Waals surface area contributed by atoms with Gasteiger partial charge >= 0.3 is 0 Å². The summed E-state index contributed by atoms with van der Waals surface area (Å²) in [6, 6.07) is 4.24. The number of benzene rings is 1. The molecule has 5 heteroatoms. The predicted molar refractivity (Wildman–Crippen MR) is 96.4 cm³/mol. The number of rotatable bonds is 5. The van der Waals surface area contributed by atoms with Crippen molar-refractivity contribution >= 4 is 16.8 Å². The normalized spacial score (nSPS) is 11.2. The van der Waals surface area contributed by atoms with E-state index in [4.69, 9.17) is 0 Å². The van der Waals surface area contributed by atoms with Gasteiger partial charge in [-0.05, 0) is 43.5 Å². The second kappa shape index (κ2) is 6.51. The molecule has 0 fully saturated rings. The lowest BCUT2D eigenvalue weighted by Gasteiger charge is -2.08. The molecule has 0 radical (unpaired) electrons. The quantitative estimate of drug-likeness (QED) is 0.756. The third-order valence-electron chi connectivity index (χ3n) is 4.47. The SMILES string of the molecule is CCc1nccn1CCNC(=O)c1[nH]c2cc(C)cc(C)c2c1C. The summed E-state index contributed by atoms with van der Waals surface area (Å²) < 4.78 is 2.08. The molecule has 3 aromatic rings. The molecule has 0 aliphatic heterocycles. The number of fused-ring (bicyclic) bond motifs is 1. The highest BCUT2D eigenvalue weighted by Crippen LogP contribution is 2.26. The van der Waals surface area contributed by atoms with Crippen molar-refractivity contribution in [3.8, 4) is 0 Å². The summed E-state index contributed by atoms with van der Waals surface area (Å²) in [6.45, 7) is 9.54. The van der Waals surface area contributed by atoms with Crippen LogP contribution in [0.1, 0.15) is 39.9 Å². The molecule has 0 saturated carbocycles. The monoisotopic (exact) mass is 324 g/mol. The summed E-state index contributed by atoms with van der Waals surface area (Å²) in [6.07, 6.45) is 4.64. The Hall–Kier alpha value is -2.56. The Kier molecular flexibility index (Phi) is 4.42. The first-order chi connectivity index (χ1) is 11.5. The first-order valence-corrected chi connectivity index (χ1v) is 8.39. The van der Waals surface area contributed by atoms with Crippen molar-refractivity contribution in [3.05, 3.63) is 52.7 Å². The van der Waals surface area contributed by atoms with E-state index >= 15 is 0 Å². The summed E-state index contributed by atoms with van der Waals surface area (Å²) in [5.74, 6) is 0.982. The topological polar surface area (TPSA) is 62.7 Å². The second-order valence-corrected chi connectivity index (χ2v) is 6.28. The van der Waals surface area contributed by atoms with Gasteiger partial charge in [-0.3, -0.25) is 4.79 Å². The van der Waals surface area contributed by atoms with Gasteiger partial charge in [-0.15, -0.1) is 0 Å². The van der Waals surface area contributed by atoms with E-state index in [9.17, 15) is 4.79 Å². The van der Waals surface area contributed by atoms with Gasteiger partial charge in [-0.1, -0.05) is 13.0 Å². The van der Waals surface area contributed by atoms with Crippen LogP contribution in [0.15, 0.2) is 24.5 Å². The van der Waals surface area contributed by atoms with E-state index in [1.54, 1.807) is 6.20 Å². The lowest BCUT2D eigenvalue weighted by atomic mass is 10.0. The number of hydrogen-bond acceptors (Lipinski definition) is 2. The fraction of sp³-hybridized carbons (Fsp3) is 0.368. The van der Waals surface area contributed by atoms with Crippen LogP contribution in [-0.4, -0.2) is 27.0 Å². The number of H-pyrrole nitrogens is 1. The number of hydrogen-bond donors (Lipinski definition) is 2. The van der Waals surface area contributed by atoms with Gasteiger partial charge in [-0.2, -0.15) is 0 Å². The lowest BCUT2D eigenvalue weighted by Crippen LogP contribution is -2.28. The van der Waals surface area contributed by atoms with Crippen LogP contribution in [0.3, 0.4) is 0 Å². The van der Waals surface area contributed by atoms with Crippen molar-refractivity contribution < 1.29 is 4.79 Å². The van der Waals surface area contributed by atoms with Crippen LogP contribution in [0.5, 0.6) is 0 Å². The van der Waals surface area contributed by atoms with Crippen LogP contribution in [0.25, 0.3) is 10.9 Å². The molecule has 0 aliphatic carbocycles.